The van der Waals surface area contributed by atoms with Crippen LogP contribution in [0.4, 0.5) is 10.1 Å². The molecule has 0 N–H and O–H groups in total. The molecule has 1 aromatic heterocycles. The highest BCUT2D eigenvalue weighted by atomic mass is 19.1. The molecule has 4 heteroatoms. The number of benzene rings is 2. The first-order chi connectivity index (χ1) is 11.6. The van der Waals surface area contributed by atoms with E-state index in [4.69, 9.17) is 0 Å². The maximum Gasteiger partial charge on any atom is 0.258 e. The van der Waals surface area contributed by atoms with Gasteiger partial charge < -0.3 is 4.90 Å². The maximum absolute atomic E-state index is 13.1. The molecule has 0 fully saturated rings. The first-order valence-electron chi connectivity index (χ1n) is 7.67. The van der Waals surface area contributed by atoms with Gasteiger partial charge in [0.25, 0.3) is 5.91 Å². The van der Waals surface area contributed by atoms with E-state index in [0.717, 1.165) is 16.8 Å². The van der Waals surface area contributed by atoms with Crippen molar-refractivity contribution in [1.29, 1.82) is 0 Å². The molecule has 120 valence electrons. The van der Waals surface area contributed by atoms with E-state index in [1.807, 2.05) is 37.3 Å². The summed E-state index contributed by atoms with van der Waals surface area (Å²) in [6.45, 7) is 2.23. The third-order valence-electron chi connectivity index (χ3n) is 3.82. The van der Waals surface area contributed by atoms with Crippen LogP contribution < -0.4 is 4.90 Å². The van der Waals surface area contributed by atoms with Crippen molar-refractivity contribution in [2.24, 2.45) is 0 Å². The van der Waals surface area contributed by atoms with Crippen LogP contribution in [0.2, 0.25) is 0 Å². The average molecular weight is 320 g/mol. The summed E-state index contributed by atoms with van der Waals surface area (Å²) in [4.78, 5) is 18.8. The normalized spacial score (nSPS) is 10.4. The monoisotopic (exact) mass is 320 g/mol. The number of carbonyl (C=O) groups excluding carboxylic acids is 1. The maximum atomic E-state index is 13.1. The van der Waals surface area contributed by atoms with Gasteiger partial charge in [0, 0.05) is 23.6 Å². The van der Waals surface area contributed by atoms with E-state index in [1.54, 1.807) is 35.5 Å². The van der Waals surface area contributed by atoms with Gasteiger partial charge in [-0.15, -0.1) is 0 Å². The quantitative estimate of drug-likeness (QED) is 0.715. The van der Waals surface area contributed by atoms with Crippen LogP contribution in [0, 0.1) is 12.7 Å². The van der Waals surface area contributed by atoms with Crippen molar-refractivity contribution in [3.05, 3.63) is 95.6 Å². The molecule has 3 aromatic rings. The number of hydrogen-bond donors (Lipinski definition) is 0. The average Bonchev–Trinajstić information content (AvgIpc) is 2.62. The summed E-state index contributed by atoms with van der Waals surface area (Å²) in [6, 6.07) is 17.4. The fourth-order valence-electron chi connectivity index (χ4n) is 2.52. The van der Waals surface area contributed by atoms with Crippen LogP contribution in [0.25, 0.3) is 0 Å². The minimum atomic E-state index is -0.290. The van der Waals surface area contributed by atoms with Crippen LogP contribution >= 0.6 is 0 Å². The first kappa shape index (κ1) is 15.9. The molecule has 0 saturated carbocycles. The van der Waals surface area contributed by atoms with Crippen molar-refractivity contribution < 1.29 is 9.18 Å². The lowest BCUT2D eigenvalue weighted by molar-refractivity contribution is 0.0984. The lowest BCUT2D eigenvalue weighted by Gasteiger charge is -2.24. The van der Waals surface area contributed by atoms with E-state index in [-0.39, 0.29) is 11.7 Å². The van der Waals surface area contributed by atoms with Crippen molar-refractivity contribution in [1.82, 2.24) is 4.98 Å². The third kappa shape index (κ3) is 3.49. The van der Waals surface area contributed by atoms with E-state index in [2.05, 4.69) is 4.98 Å². The number of para-hydroxylation sites is 1. The van der Waals surface area contributed by atoms with Gasteiger partial charge in [0.05, 0.1) is 6.54 Å². The Kier molecular flexibility index (Phi) is 4.66. The molecular formula is C20H17FN2O. The summed E-state index contributed by atoms with van der Waals surface area (Å²) in [5, 5.41) is 0. The molecule has 0 aliphatic rings. The van der Waals surface area contributed by atoms with E-state index in [0.29, 0.717) is 12.1 Å². The molecule has 3 nitrogen and oxygen atoms in total. The Morgan fingerprint density at radius 3 is 2.42 bits per heavy atom. The number of aromatic nitrogens is 1. The minimum absolute atomic E-state index is 0.106. The Bertz CT molecular complexity index is 832. The second kappa shape index (κ2) is 7.04. The van der Waals surface area contributed by atoms with Gasteiger partial charge in [-0.3, -0.25) is 9.78 Å². The van der Waals surface area contributed by atoms with Gasteiger partial charge in [-0.2, -0.15) is 0 Å². The highest BCUT2D eigenvalue weighted by Gasteiger charge is 2.19. The Hall–Kier alpha value is -3.01. The van der Waals surface area contributed by atoms with Crippen LogP contribution in [0.5, 0.6) is 0 Å². The van der Waals surface area contributed by atoms with Crippen molar-refractivity contribution in [3.8, 4) is 0 Å². The highest BCUT2D eigenvalue weighted by Crippen LogP contribution is 2.21. The largest absolute Gasteiger partial charge is 0.304 e. The molecule has 0 atom stereocenters. The zero-order chi connectivity index (χ0) is 16.9. The van der Waals surface area contributed by atoms with Crippen molar-refractivity contribution in [2.75, 3.05) is 4.90 Å². The SMILES string of the molecule is Cc1cnccc1C(=O)N(Cc1ccc(F)cc1)c1ccccc1. The van der Waals surface area contributed by atoms with Crippen LogP contribution in [-0.4, -0.2) is 10.9 Å². The molecule has 0 aliphatic carbocycles. The fraction of sp³-hybridized carbons (Fsp3) is 0.100. The van der Waals surface area contributed by atoms with Crippen LogP contribution in [0.3, 0.4) is 0 Å². The summed E-state index contributed by atoms with van der Waals surface area (Å²) in [6.07, 6.45) is 3.29. The number of halogens is 1. The molecule has 0 spiro atoms. The Labute approximate surface area is 140 Å². The van der Waals surface area contributed by atoms with Crippen LogP contribution in [-0.2, 0) is 6.54 Å². The van der Waals surface area contributed by atoms with E-state index in [1.165, 1.54) is 12.1 Å². The topological polar surface area (TPSA) is 33.2 Å². The second-order valence-corrected chi connectivity index (χ2v) is 5.54. The molecule has 24 heavy (non-hydrogen) atoms. The Morgan fingerprint density at radius 1 is 1.04 bits per heavy atom. The van der Waals surface area contributed by atoms with Crippen LogP contribution in [0.15, 0.2) is 73.1 Å². The van der Waals surface area contributed by atoms with E-state index < -0.39 is 0 Å². The number of amides is 1. The number of rotatable bonds is 4. The predicted molar refractivity (Wildman–Crippen MR) is 92.3 cm³/mol. The van der Waals surface area contributed by atoms with Crippen LogP contribution in [0.1, 0.15) is 21.5 Å². The number of hydrogen-bond acceptors (Lipinski definition) is 2. The first-order valence-corrected chi connectivity index (χ1v) is 7.67. The van der Waals surface area contributed by atoms with Crippen molar-refractivity contribution in [3.63, 3.8) is 0 Å². The summed E-state index contributed by atoms with van der Waals surface area (Å²) in [5.41, 5.74) is 3.09. The van der Waals surface area contributed by atoms with Gasteiger partial charge in [-0.1, -0.05) is 30.3 Å². The van der Waals surface area contributed by atoms with Gasteiger partial charge in [0.15, 0.2) is 0 Å². The summed E-state index contributed by atoms with van der Waals surface area (Å²) < 4.78 is 13.1. The van der Waals surface area contributed by atoms with Gasteiger partial charge in [0.2, 0.25) is 0 Å². The second-order valence-electron chi connectivity index (χ2n) is 5.54. The minimum Gasteiger partial charge on any atom is -0.304 e. The van der Waals surface area contributed by atoms with Gasteiger partial charge in [0.1, 0.15) is 5.82 Å². The molecule has 0 unspecified atom stereocenters. The molecule has 0 radical (unpaired) electrons. The molecule has 1 heterocycles. The third-order valence-corrected chi connectivity index (χ3v) is 3.82. The molecule has 3 rings (SSSR count). The smallest absolute Gasteiger partial charge is 0.258 e. The zero-order valence-electron chi connectivity index (χ0n) is 13.3. The zero-order valence-corrected chi connectivity index (χ0v) is 13.3. The van der Waals surface area contributed by atoms with Gasteiger partial charge in [-0.05, 0) is 48.4 Å². The number of pyridine rings is 1. The predicted octanol–water partition coefficient (Wildman–Crippen LogP) is 4.38. The summed E-state index contributed by atoms with van der Waals surface area (Å²) in [5.74, 6) is -0.397. The van der Waals surface area contributed by atoms with Crippen molar-refractivity contribution >= 4 is 11.6 Å². The lowest BCUT2D eigenvalue weighted by Crippen LogP contribution is -2.31. The standard InChI is InChI=1S/C20H17FN2O/c1-15-13-22-12-11-19(15)20(24)23(18-5-3-2-4-6-18)14-16-7-9-17(21)10-8-16/h2-13H,14H2,1H3. The molecule has 2 aromatic carbocycles. The Balaban J connectivity index is 1.98. The van der Waals surface area contributed by atoms with Gasteiger partial charge in [-0.25, -0.2) is 4.39 Å². The van der Waals surface area contributed by atoms with E-state index >= 15 is 0 Å². The summed E-state index contributed by atoms with van der Waals surface area (Å²) in [7, 11) is 0. The molecule has 0 aliphatic heterocycles. The summed E-state index contributed by atoms with van der Waals surface area (Å²) >= 11 is 0. The lowest BCUT2D eigenvalue weighted by atomic mass is 10.1. The molecule has 0 saturated heterocycles. The number of nitrogens with zero attached hydrogens (tertiary/aromatic N) is 2. The van der Waals surface area contributed by atoms with Crippen molar-refractivity contribution in [2.45, 2.75) is 13.5 Å². The van der Waals surface area contributed by atoms with Gasteiger partial charge >= 0.3 is 0 Å². The molecular weight excluding hydrogens is 303 g/mol. The molecule has 0 bridgehead atoms. The number of carbonyl (C=O) groups is 1. The number of anilines is 1. The highest BCUT2D eigenvalue weighted by molar-refractivity contribution is 6.06. The fourth-order valence-corrected chi connectivity index (χ4v) is 2.52. The van der Waals surface area contributed by atoms with E-state index in [9.17, 15) is 9.18 Å². The molecule has 1 amide bonds. The number of aryl methyl sites for hydroxylation is 1. The Morgan fingerprint density at radius 2 is 1.75 bits per heavy atom.